The van der Waals surface area contributed by atoms with E-state index in [0.717, 1.165) is 50.9 Å². The van der Waals surface area contributed by atoms with E-state index in [-0.39, 0.29) is 0 Å². The number of pyridine rings is 1. The quantitative estimate of drug-likeness (QED) is 0.661. The van der Waals surface area contributed by atoms with Gasteiger partial charge < -0.3 is 19.9 Å². The van der Waals surface area contributed by atoms with Crippen molar-refractivity contribution >= 4 is 11.8 Å². The highest BCUT2D eigenvalue weighted by Crippen LogP contribution is 2.14. The second-order valence-corrected chi connectivity index (χ2v) is 5.96. The van der Waals surface area contributed by atoms with Gasteiger partial charge in [0.2, 0.25) is 0 Å². The van der Waals surface area contributed by atoms with Crippen LogP contribution in [0, 0.1) is 0 Å². The van der Waals surface area contributed by atoms with Crippen LogP contribution < -0.4 is 10.2 Å². The van der Waals surface area contributed by atoms with Crippen LogP contribution in [-0.4, -0.2) is 62.8 Å². The van der Waals surface area contributed by atoms with Gasteiger partial charge in [0.15, 0.2) is 5.96 Å². The highest BCUT2D eigenvalue weighted by atomic mass is 16.5. The van der Waals surface area contributed by atoms with Gasteiger partial charge in [-0.1, -0.05) is 0 Å². The van der Waals surface area contributed by atoms with Gasteiger partial charge in [-0.2, -0.15) is 0 Å². The van der Waals surface area contributed by atoms with Crippen LogP contribution in [0.2, 0.25) is 0 Å². The Morgan fingerprint density at radius 2 is 2.17 bits per heavy atom. The fraction of sp³-hybridized carbons (Fsp3) is 0.647. The first-order valence-corrected chi connectivity index (χ1v) is 8.33. The average Bonchev–Trinajstić information content (AvgIpc) is 2.57. The van der Waals surface area contributed by atoms with Gasteiger partial charge in [-0.05, 0) is 37.5 Å². The van der Waals surface area contributed by atoms with Crippen molar-refractivity contribution in [2.75, 3.05) is 45.7 Å². The molecule has 0 unspecified atom stereocenters. The number of aromatic nitrogens is 1. The van der Waals surface area contributed by atoms with Gasteiger partial charge in [0.1, 0.15) is 5.82 Å². The van der Waals surface area contributed by atoms with Crippen LogP contribution in [0.25, 0.3) is 0 Å². The third-order valence-electron chi connectivity index (χ3n) is 4.07. The zero-order chi connectivity index (χ0) is 16.7. The molecule has 0 spiro atoms. The number of nitrogens with one attached hydrogen (secondary N) is 1. The third kappa shape index (κ3) is 5.10. The molecule has 23 heavy (non-hydrogen) atoms. The van der Waals surface area contributed by atoms with Crippen molar-refractivity contribution in [2.45, 2.75) is 32.4 Å². The molecule has 6 nitrogen and oxygen atoms in total. The lowest BCUT2D eigenvalue weighted by molar-refractivity contribution is 0.0263. The van der Waals surface area contributed by atoms with Crippen LogP contribution >= 0.6 is 0 Å². The lowest BCUT2D eigenvalue weighted by Crippen LogP contribution is -2.46. The first-order chi connectivity index (χ1) is 11.1. The predicted octanol–water partition coefficient (Wildman–Crippen LogP) is 1.72. The number of likely N-dealkylation sites (tertiary alicyclic amines) is 1. The molecule has 0 atom stereocenters. The summed E-state index contributed by atoms with van der Waals surface area (Å²) in [5.74, 6) is 1.93. The van der Waals surface area contributed by atoms with E-state index in [4.69, 9.17) is 4.74 Å². The maximum atomic E-state index is 5.71. The molecule has 1 aliphatic rings. The Bertz CT molecular complexity index is 509. The minimum absolute atomic E-state index is 0.400. The molecule has 1 aromatic rings. The topological polar surface area (TPSA) is 53.0 Å². The molecule has 2 rings (SSSR count). The zero-order valence-corrected chi connectivity index (χ0v) is 14.7. The molecular formula is C17H29N5O. The Morgan fingerprint density at radius 3 is 2.78 bits per heavy atom. The Hall–Kier alpha value is -1.82. The fourth-order valence-corrected chi connectivity index (χ4v) is 2.80. The number of rotatable bonds is 5. The number of hydrogen-bond donors (Lipinski definition) is 1. The summed E-state index contributed by atoms with van der Waals surface area (Å²) in [4.78, 5) is 13.1. The number of hydrogen-bond acceptors (Lipinski definition) is 4. The van der Waals surface area contributed by atoms with E-state index in [9.17, 15) is 0 Å². The number of aliphatic imine (C=N–C) groups is 1. The van der Waals surface area contributed by atoms with Crippen LogP contribution in [0.1, 0.15) is 25.3 Å². The smallest absolute Gasteiger partial charge is 0.193 e. The molecule has 6 heteroatoms. The minimum Gasteiger partial charge on any atom is -0.378 e. The zero-order valence-electron chi connectivity index (χ0n) is 14.7. The maximum absolute atomic E-state index is 5.71. The van der Waals surface area contributed by atoms with Crippen molar-refractivity contribution in [1.29, 1.82) is 0 Å². The van der Waals surface area contributed by atoms with Crippen LogP contribution in [-0.2, 0) is 11.3 Å². The second-order valence-electron chi connectivity index (χ2n) is 5.96. The Labute approximate surface area is 139 Å². The van der Waals surface area contributed by atoms with Crippen molar-refractivity contribution < 1.29 is 4.74 Å². The second kappa shape index (κ2) is 8.72. The van der Waals surface area contributed by atoms with E-state index >= 15 is 0 Å². The van der Waals surface area contributed by atoms with Gasteiger partial charge in [-0.3, -0.25) is 4.99 Å². The van der Waals surface area contributed by atoms with Crippen LogP contribution in [0.4, 0.5) is 5.82 Å². The van der Waals surface area contributed by atoms with Gasteiger partial charge in [0.25, 0.3) is 0 Å². The van der Waals surface area contributed by atoms with Crippen molar-refractivity contribution in [3.63, 3.8) is 0 Å². The Balaban J connectivity index is 1.87. The number of nitrogens with zero attached hydrogens (tertiary/aromatic N) is 4. The fourth-order valence-electron chi connectivity index (χ4n) is 2.80. The number of piperidine rings is 1. The summed E-state index contributed by atoms with van der Waals surface area (Å²) in [7, 11) is 5.84. The highest BCUT2D eigenvalue weighted by molar-refractivity contribution is 5.80. The lowest BCUT2D eigenvalue weighted by Gasteiger charge is -2.34. The molecule has 0 bridgehead atoms. The molecule has 1 N–H and O–H groups in total. The van der Waals surface area contributed by atoms with Crippen molar-refractivity contribution in [1.82, 2.24) is 15.2 Å². The van der Waals surface area contributed by atoms with Gasteiger partial charge in [-0.25, -0.2) is 4.98 Å². The monoisotopic (exact) mass is 319 g/mol. The third-order valence-corrected chi connectivity index (χ3v) is 4.07. The minimum atomic E-state index is 0.400. The van der Waals surface area contributed by atoms with E-state index < -0.39 is 0 Å². The van der Waals surface area contributed by atoms with Gasteiger partial charge in [0.05, 0.1) is 6.10 Å². The molecule has 0 aromatic carbocycles. The van der Waals surface area contributed by atoms with Crippen LogP contribution in [0.15, 0.2) is 23.3 Å². The summed E-state index contributed by atoms with van der Waals surface area (Å²) < 4.78 is 5.71. The molecule has 1 aromatic heterocycles. The molecule has 0 saturated carbocycles. The summed E-state index contributed by atoms with van der Waals surface area (Å²) in [5, 5.41) is 3.46. The molecular weight excluding hydrogens is 290 g/mol. The van der Waals surface area contributed by atoms with E-state index in [2.05, 4.69) is 33.2 Å². The summed E-state index contributed by atoms with van der Waals surface area (Å²) in [5.41, 5.74) is 1.20. The van der Waals surface area contributed by atoms with Crippen LogP contribution in [0.5, 0.6) is 0 Å². The molecule has 1 fully saturated rings. The summed E-state index contributed by atoms with van der Waals surface area (Å²) in [6.07, 6.45) is 4.38. The lowest BCUT2D eigenvalue weighted by atomic mass is 10.1. The van der Waals surface area contributed by atoms with Gasteiger partial charge >= 0.3 is 0 Å². The van der Waals surface area contributed by atoms with Gasteiger partial charge in [-0.15, -0.1) is 0 Å². The number of anilines is 1. The van der Waals surface area contributed by atoms with Crippen LogP contribution in [0.3, 0.4) is 0 Å². The summed E-state index contributed by atoms with van der Waals surface area (Å²) in [6.45, 7) is 5.59. The number of ether oxygens (including phenoxy) is 1. The van der Waals surface area contributed by atoms with E-state index in [1.807, 2.05) is 38.3 Å². The summed E-state index contributed by atoms with van der Waals surface area (Å²) >= 11 is 0. The molecule has 2 heterocycles. The standard InChI is InChI=1S/C17H29N5O/c1-5-23-15-7-10-22(11-8-15)17(18-2)20-13-14-6-9-19-16(12-14)21(3)4/h6,9,12,15H,5,7-8,10-11,13H2,1-4H3,(H,18,20). The first kappa shape index (κ1) is 17.5. The molecule has 0 amide bonds. The van der Waals surface area contributed by atoms with E-state index in [1.54, 1.807) is 0 Å². The highest BCUT2D eigenvalue weighted by Gasteiger charge is 2.21. The predicted molar refractivity (Wildman–Crippen MR) is 95.0 cm³/mol. The largest absolute Gasteiger partial charge is 0.378 e. The average molecular weight is 319 g/mol. The molecule has 0 aliphatic carbocycles. The van der Waals surface area contributed by atoms with Crippen molar-refractivity contribution in [3.05, 3.63) is 23.9 Å². The SMILES string of the molecule is CCOC1CCN(C(=NC)NCc2ccnc(N(C)C)c2)CC1. The van der Waals surface area contributed by atoms with Crippen molar-refractivity contribution in [2.24, 2.45) is 4.99 Å². The Kier molecular flexibility index (Phi) is 6.65. The van der Waals surface area contributed by atoms with Gasteiger partial charge in [0, 0.05) is 53.6 Å². The van der Waals surface area contributed by atoms with E-state index in [0.29, 0.717) is 6.10 Å². The molecule has 1 aliphatic heterocycles. The first-order valence-electron chi connectivity index (χ1n) is 8.33. The van der Waals surface area contributed by atoms with E-state index in [1.165, 1.54) is 5.56 Å². The summed E-state index contributed by atoms with van der Waals surface area (Å²) in [6, 6.07) is 4.14. The Morgan fingerprint density at radius 1 is 1.43 bits per heavy atom. The van der Waals surface area contributed by atoms with Crippen molar-refractivity contribution in [3.8, 4) is 0 Å². The molecule has 1 saturated heterocycles. The number of guanidine groups is 1. The maximum Gasteiger partial charge on any atom is 0.193 e. The normalized spacial score (nSPS) is 16.5. The molecule has 128 valence electrons. The molecule has 0 radical (unpaired) electrons.